The third-order valence-electron chi connectivity index (χ3n) is 4.23. The van der Waals surface area contributed by atoms with Gasteiger partial charge in [0, 0.05) is 32.6 Å². The second-order valence-corrected chi connectivity index (χ2v) is 6.64. The van der Waals surface area contributed by atoms with E-state index < -0.39 is 0 Å². The van der Waals surface area contributed by atoms with E-state index in [2.05, 4.69) is 30.0 Å². The lowest BCUT2D eigenvalue weighted by Gasteiger charge is -2.23. The third-order valence-corrected chi connectivity index (χ3v) is 4.23. The van der Waals surface area contributed by atoms with Crippen molar-refractivity contribution < 1.29 is 4.74 Å². The molecule has 0 saturated heterocycles. The first kappa shape index (κ1) is 19.7. The standard InChI is InChI=1S/C19H28N6O/c1-23(2)11-7-13-25(4)19-21-17-9-8-15(26-5)14-16(17)18(22-19)24(3)12-6-10-20/h8-9,14H,6-7,11-13H2,1-5H3. The number of hydrogen-bond donors (Lipinski definition) is 0. The van der Waals surface area contributed by atoms with E-state index in [1.165, 1.54) is 0 Å². The number of benzene rings is 1. The smallest absolute Gasteiger partial charge is 0.227 e. The predicted molar refractivity (Wildman–Crippen MR) is 106 cm³/mol. The van der Waals surface area contributed by atoms with E-state index >= 15 is 0 Å². The van der Waals surface area contributed by atoms with E-state index in [9.17, 15) is 0 Å². The van der Waals surface area contributed by atoms with Crippen molar-refractivity contribution in [2.45, 2.75) is 12.8 Å². The van der Waals surface area contributed by atoms with Crippen LogP contribution in [0.15, 0.2) is 18.2 Å². The maximum atomic E-state index is 8.90. The van der Waals surface area contributed by atoms with Gasteiger partial charge in [-0.05, 0) is 45.3 Å². The summed E-state index contributed by atoms with van der Waals surface area (Å²) in [7, 11) is 9.76. The van der Waals surface area contributed by atoms with Gasteiger partial charge in [0.05, 0.1) is 25.1 Å². The number of anilines is 2. The highest BCUT2D eigenvalue weighted by atomic mass is 16.5. The summed E-state index contributed by atoms with van der Waals surface area (Å²) in [5.41, 5.74) is 0.870. The van der Waals surface area contributed by atoms with E-state index in [0.29, 0.717) is 18.9 Å². The molecule has 7 heteroatoms. The molecule has 0 bridgehead atoms. The van der Waals surface area contributed by atoms with Crippen LogP contribution in [0, 0.1) is 11.3 Å². The van der Waals surface area contributed by atoms with Crippen LogP contribution in [0.4, 0.5) is 11.8 Å². The molecule has 1 aromatic heterocycles. The summed E-state index contributed by atoms with van der Waals surface area (Å²) in [5.74, 6) is 2.28. The summed E-state index contributed by atoms with van der Waals surface area (Å²) in [4.78, 5) is 15.8. The number of rotatable bonds is 9. The second kappa shape index (κ2) is 9.20. The zero-order chi connectivity index (χ0) is 19.1. The molecular weight excluding hydrogens is 328 g/mol. The molecule has 0 aliphatic heterocycles. The van der Waals surface area contributed by atoms with Crippen molar-refractivity contribution in [1.29, 1.82) is 5.26 Å². The summed E-state index contributed by atoms with van der Waals surface area (Å²) in [6.07, 6.45) is 1.48. The molecule has 0 unspecified atom stereocenters. The molecule has 0 amide bonds. The summed E-state index contributed by atoms with van der Waals surface area (Å²) in [6.45, 7) is 2.51. The molecule has 0 aliphatic rings. The zero-order valence-corrected chi connectivity index (χ0v) is 16.4. The highest BCUT2D eigenvalue weighted by molar-refractivity contribution is 5.91. The third kappa shape index (κ3) is 4.96. The summed E-state index contributed by atoms with van der Waals surface area (Å²) < 4.78 is 5.35. The van der Waals surface area contributed by atoms with Crippen LogP contribution >= 0.6 is 0 Å². The van der Waals surface area contributed by atoms with Gasteiger partial charge in [-0.2, -0.15) is 10.2 Å². The van der Waals surface area contributed by atoms with Crippen LogP contribution in [0.1, 0.15) is 12.8 Å². The zero-order valence-electron chi connectivity index (χ0n) is 16.4. The van der Waals surface area contributed by atoms with Crippen LogP contribution in [-0.4, -0.2) is 69.8 Å². The van der Waals surface area contributed by atoms with Crippen LogP contribution < -0.4 is 14.5 Å². The van der Waals surface area contributed by atoms with Crippen molar-refractivity contribution in [3.8, 4) is 11.8 Å². The topological polar surface area (TPSA) is 68.5 Å². The largest absolute Gasteiger partial charge is 0.497 e. The molecule has 0 N–H and O–H groups in total. The average Bonchev–Trinajstić information content (AvgIpc) is 2.64. The molecule has 0 saturated carbocycles. The van der Waals surface area contributed by atoms with Crippen LogP contribution in [-0.2, 0) is 0 Å². The SMILES string of the molecule is COc1ccc2nc(N(C)CCCN(C)C)nc(N(C)CCC#N)c2c1. The first-order valence-electron chi connectivity index (χ1n) is 8.76. The van der Waals surface area contributed by atoms with Gasteiger partial charge in [-0.15, -0.1) is 0 Å². The van der Waals surface area contributed by atoms with Crippen molar-refractivity contribution in [2.24, 2.45) is 0 Å². The van der Waals surface area contributed by atoms with Gasteiger partial charge in [0.15, 0.2) is 0 Å². The Bertz CT molecular complexity index is 770. The van der Waals surface area contributed by atoms with Crippen LogP contribution in [0.5, 0.6) is 5.75 Å². The summed E-state index contributed by atoms with van der Waals surface area (Å²) in [5, 5.41) is 9.83. The normalized spacial score (nSPS) is 10.8. The number of methoxy groups -OCH3 is 1. The molecule has 2 aromatic rings. The van der Waals surface area contributed by atoms with E-state index in [1.54, 1.807) is 7.11 Å². The Morgan fingerprint density at radius 1 is 1.04 bits per heavy atom. The molecule has 26 heavy (non-hydrogen) atoms. The van der Waals surface area contributed by atoms with Crippen LogP contribution in [0.3, 0.4) is 0 Å². The van der Waals surface area contributed by atoms with Crippen molar-refractivity contribution in [2.75, 3.05) is 64.7 Å². The highest BCUT2D eigenvalue weighted by Gasteiger charge is 2.15. The predicted octanol–water partition coefficient (Wildman–Crippen LogP) is 2.38. The number of aromatic nitrogens is 2. The fourth-order valence-electron chi connectivity index (χ4n) is 2.72. The Morgan fingerprint density at radius 2 is 1.81 bits per heavy atom. The monoisotopic (exact) mass is 356 g/mol. The number of hydrogen-bond acceptors (Lipinski definition) is 7. The molecule has 0 fully saturated rings. The van der Waals surface area contributed by atoms with Gasteiger partial charge in [0.25, 0.3) is 0 Å². The number of fused-ring (bicyclic) bond motifs is 1. The Balaban J connectivity index is 2.38. The molecule has 7 nitrogen and oxygen atoms in total. The number of nitrogens with zero attached hydrogens (tertiary/aromatic N) is 6. The Morgan fingerprint density at radius 3 is 2.46 bits per heavy atom. The first-order chi connectivity index (χ1) is 12.5. The van der Waals surface area contributed by atoms with E-state index in [4.69, 9.17) is 20.0 Å². The quantitative estimate of drug-likeness (QED) is 0.683. The van der Waals surface area contributed by atoms with E-state index in [-0.39, 0.29) is 0 Å². The molecule has 0 spiro atoms. The molecule has 140 valence electrons. The fourth-order valence-corrected chi connectivity index (χ4v) is 2.72. The van der Waals surface area contributed by atoms with Crippen molar-refractivity contribution in [1.82, 2.24) is 14.9 Å². The van der Waals surface area contributed by atoms with Gasteiger partial charge in [0.1, 0.15) is 11.6 Å². The van der Waals surface area contributed by atoms with Crippen molar-refractivity contribution in [3.63, 3.8) is 0 Å². The maximum Gasteiger partial charge on any atom is 0.227 e. The average molecular weight is 356 g/mol. The van der Waals surface area contributed by atoms with Gasteiger partial charge in [0.2, 0.25) is 5.95 Å². The van der Waals surface area contributed by atoms with Gasteiger partial charge in [-0.1, -0.05) is 0 Å². The lowest BCUT2D eigenvalue weighted by atomic mass is 10.2. The number of nitriles is 1. The van der Waals surface area contributed by atoms with Gasteiger partial charge in [-0.3, -0.25) is 0 Å². The van der Waals surface area contributed by atoms with Crippen LogP contribution in [0.25, 0.3) is 10.9 Å². The lowest BCUT2D eigenvalue weighted by molar-refractivity contribution is 0.401. The Hall–Kier alpha value is -2.59. The summed E-state index contributed by atoms with van der Waals surface area (Å²) >= 11 is 0. The van der Waals surface area contributed by atoms with Crippen molar-refractivity contribution in [3.05, 3.63) is 18.2 Å². The van der Waals surface area contributed by atoms with Gasteiger partial charge >= 0.3 is 0 Å². The first-order valence-corrected chi connectivity index (χ1v) is 8.76. The van der Waals surface area contributed by atoms with E-state index in [1.807, 2.05) is 37.2 Å². The molecule has 2 rings (SSSR count). The highest BCUT2D eigenvalue weighted by Crippen LogP contribution is 2.29. The van der Waals surface area contributed by atoms with Gasteiger partial charge < -0.3 is 19.4 Å². The Kier molecular flexibility index (Phi) is 6.98. The second-order valence-electron chi connectivity index (χ2n) is 6.64. The summed E-state index contributed by atoms with van der Waals surface area (Å²) in [6, 6.07) is 8.00. The van der Waals surface area contributed by atoms with E-state index in [0.717, 1.165) is 42.0 Å². The molecule has 1 heterocycles. The fraction of sp³-hybridized carbons (Fsp3) is 0.526. The number of ether oxygens (including phenoxy) is 1. The molecule has 0 aliphatic carbocycles. The minimum absolute atomic E-state index is 0.444. The molecule has 1 aromatic carbocycles. The lowest BCUT2D eigenvalue weighted by Crippen LogP contribution is -2.26. The maximum absolute atomic E-state index is 8.90. The molecule has 0 radical (unpaired) electrons. The minimum Gasteiger partial charge on any atom is -0.497 e. The van der Waals surface area contributed by atoms with Crippen LogP contribution in [0.2, 0.25) is 0 Å². The van der Waals surface area contributed by atoms with Gasteiger partial charge in [-0.25, -0.2) is 4.98 Å². The molecular formula is C19H28N6O. The Labute approximate surface area is 155 Å². The van der Waals surface area contributed by atoms with Crippen molar-refractivity contribution >= 4 is 22.7 Å². The minimum atomic E-state index is 0.444. The molecule has 0 atom stereocenters.